The van der Waals surface area contributed by atoms with E-state index in [0.29, 0.717) is 48.4 Å². The zero-order chi connectivity index (χ0) is 36.0. The Morgan fingerprint density at radius 1 is 1.14 bits per heavy atom. The number of benzene rings is 2. The molecular formula is C38H45BrClN3O7. The fraction of sp³-hybridized carbons (Fsp3) is 0.474. The highest BCUT2D eigenvalue weighted by Gasteiger charge is 2.77. The summed E-state index contributed by atoms with van der Waals surface area (Å²) in [5.74, 6) is -3.49. The second kappa shape index (κ2) is 16.7. The van der Waals surface area contributed by atoms with E-state index in [4.69, 9.17) is 21.1 Å². The number of hydrogen-bond acceptors (Lipinski definition) is 7. The van der Waals surface area contributed by atoms with Crippen LogP contribution in [0, 0.1) is 11.8 Å². The van der Waals surface area contributed by atoms with Crippen LogP contribution in [0.1, 0.15) is 57.1 Å². The number of nitrogens with zero attached hydrogens (tertiary/aromatic N) is 2. The van der Waals surface area contributed by atoms with E-state index in [1.165, 1.54) is 0 Å². The number of carbonyl (C=O) groups excluding carboxylic acids is 4. The molecule has 10 nitrogen and oxygen atoms in total. The summed E-state index contributed by atoms with van der Waals surface area (Å²) < 4.78 is 13.0. The first-order valence-corrected chi connectivity index (χ1v) is 18.4. The maximum Gasteiger partial charge on any atom is 0.313 e. The lowest BCUT2D eigenvalue weighted by Gasteiger charge is -2.37. The average Bonchev–Trinajstić information content (AvgIpc) is 3.70. The fourth-order valence-corrected chi connectivity index (χ4v) is 8.72. The van der Waals surface area contributed by atoms with E-state index >= 15 is 0 Å². The standard InChI is InChI=1S/C38H45BrClN3O7/c1-4-6-15-29(45)41-24(3)32(25-13-9-7-10-14-25)49-37(48)30-31-35(46)43(21-11-8-12-22-44)34(38(31)23-28(39)33(30)50-38)36(47)42(20-5-2)27-18-16-26(40)17-19-27/h4-5,7,9-10,13-14,16-19,24,28,30-34,44H,1-2,6,8,11-12,15,20-23H2,3H3,(H,41,45)/t24-,28?,30+,31-,32-,33+,34+,38-/m0/s1. The van der Waals surface area contributed by atoms with Crippen LogP contribution in [-0.2, 0) is 28.7 Å². The first-order valence-electron chi connectivity index (χ1n) is 17.1. The normalized spacial score (nSPS) is 26.2. The number of ether oxygens (including phenoxy) is 2. The van der Waals surface area contributed by atoms with Crippen LogP contribution < -0.4 is 10.2 Å². The Bertz CT molecular complexity index is 1560. The van der Waals surface area contributed by atoms with Gasteiger partial charge in [-0.15, -0.1) is 13.2 Å². The molecule has 3 aliphatic heterocycles. The number of aliphatic hydroxyl groups is 1. The van der Waals surface area contributed by atoms with Crippen LogP contribution in [0.15, 0.2) is 79.9 Å². The second-order valence-electron chi connectivity index (χ2n) is 13.1. The molecule has 2 aromatic carbocycles. The van der Waals surface area contributed by atoms with Crippen molar-refractivity contribution in [1.29, 1.82) is 0 Å². The van der Waals surface area contributed by atoms with Crippen molar-refractivity contribution < 1.29 is 33.8 Å². The van der Waals surface area contributed by atoms with Gasteiger partial charge in [0.15, 0.2) is 0 Å². The number of allylic oxidation sites excluding steroid dienone is 1. The molecule has 3 heterocycles. The molecule has 268 valence electrons. The summed E-state index contributed by atoms with van der Waals surface area (Å²) in [5, 5.41) is 12.8. The number of alkyl halides is 1. The molecule has 8 atom stereocenters. The number of nitrogens with one attached hydrogen (secondary N) is 1. The smallest absolute Gasteiger partial charge is 0.313 e. The molecule has 2 bridgehead atoms. The van der Waals surface area contributed by atoms with Gasteiger partial charge in [0.05, 0.1) is 24.0 Å². The molecule has 0 aromatic heterocycles. The lowest BCUT2D eigenvalue weighted by molar-refractivity contribution is -0.162. The summed E-state index contributed by atoms with van der Waals surface area (Å²) in [7, 11) is 0. The third-order valence-electron chi connectivity index (χ3n) is 9.86. The Balaban J connectivity index is 1.49. The zero-order valence-electron chi connectivity index (χ0n) is 28.2. The quantitative estimate of drug-likeness (QED) is 0.0940. The van der Waals surface area contributed by atoms with Crippen molar-refractivity contribution in [3.63, 3.8) is 0 Å². The summed E-state index contributed by atoms with van der Waals surface area (Å²) in [4.78, 5) is 59.2. The third kappa shape index (κ3) is 7.56. The van der Waals surface area contributed by atoms with Gasteiger partial charge in [0, 0.05) is 41.7 Å². The number of aliphatic hydroxyl groups excluding tert-OH is 1. The number of amides is 3. The van der Waals surface area contributed by atoms with Crippen molar-refractivity contribution >= 4 is 56.9 Å². The second-order valence-corrected chi connectivity index (χ2v) is 14.8. The van der Waals surface area contributed by atoms with Crippen LogP contribution in [-0.4, -0.2) is 82.0 Å². The number of carbonyl (C=O) groups is 4. The van der Waals surface area contributed by atoms with E-state index in [-0.39, 0.29) is 48.7 Å². The van der Waals surface area contributed by atoms with Gasteiger partial charge in [0.2, 0.25) is 11.8 Å². The van der Waals surface area contributed by atoms with Crippen LogP contribution >= 0.6 is 27.5 Å². The number of rotatable bonds is 17. The number of esters is 1. The molecule has 3 aliphatic rings. The Labute approximate surface area is 306 Å². The van der Waals surface area contributed by atoms with Crippen molar-refractivity contribution in [3.05, 3.63) is 90.5 Å². The minimum absolute atomic E-state index is 0.0201. The van der Waals surface area contributed by atoms with Gasteiger partial charge in [0.1, 0.15) is 17.7 Å². The van der Waals surface area contributed by atoms with Crippen molar-refractivity contribution in [1.82, 2.24) is 10.2 Å². The Morgan fingerprint density at radius 3 is 2.52 bits per heavy atom. The highest BCUT2D eigenvalue weighted by molar-refractivity contribution is 9.09. The summed E-state index contributed by atoms with van der Waals surface area (Å²) in [6, 6.07) is 14.4. The van der Waals surface area contributed by atoms with E-state index in [1.807, 2.05) is 30.3 Å². The molecule has 50 heavy (non-hydrogen) atoms. The zero-order valence-corrected chi connectivity index (χ0v) is 30.6. The van der Waals surface area contributed by atoms with Crippen molar-refractivity contribution in [2.24, 2.45) is 11.8 Å². The highest BCUT2D eigenvalue weighted by atomic mass is 79.9. The number of fused-ring (bicyclic) bond motifs is 1. The van der Waals surface area contributed by atoms with Crippen molar-refractivity contribution in [2.75, 3.05) is 24.6 Å². The van der Waals surface area contributed by atoms with Gasteiger partial charge in [-0.1, -0.05) is 70.0 Å². The Hall–Kier alpha value is -3.51. The monoisotopic (exact) mass is 769 g/mol. The largest absolute Gasteiger partial charge is 0.455 e. The molecule has 1 spiro atoms. The summed E-state index contributed by atoms with van der Waals surface area (Å²) in [5.41, 5.74) is -0.0295. The van der Waals surface area contributed by atoms with Gasteiger partial charge in [-0.3, -0.25) is 19.2 Å². The predicted octanol–water partition coefficient (Wildman–Crippen LogP) is 5.53. The molecule has 2 aromatic rings. The Morgan fingerprint density at radius 2 is 1.86 bits per heavy atom. The summed E-state index contributed by atoms with van der Waals surface area (Å²) in [6.45, 7) is 9.76. The van der Waals surface area contributed by atoms with Gasteiger partial charge < -0.3 is 29.7 Å². The first-order chi connectivity index (χ1) is 24.1. The molecule has 3 fully saturated rings. The average molecular weight is 771 g/mol. The molecule has 12 heteroatoms. The maximum atomic E-state index is 14.8. The number of hydrogen-bond donors (Lipinski definition) is 2. The van der Waals surface area contributed by atoms with Gasteiger partial charge in [-0.25, -0.2) is 0 Å². The number of halogens is 2. The molecule has 2 N–H and O–H groups in total. The van der Waals surface area contributed by atoms with E-state index in [9.17, 15) is 24.3 Å². The minimum atomic E-state index is -1.30. The summed E-state index contributed by atoms with van der Waals surface area (Å²) in [6.07, 6.45) is 4.56. The van der Waals surface area contributed by atoms with E-state index in [2.05, 4.69) is 34.4 Å². The maximum absolute atomic E-state index is 14.8. The molecule has 0 saturated carbocycles. The lowest BCUT2D eigenvalue weighted by Crippen LogP contribution is -2.57. The van der Waals surface area contributed by atoms with Crippen LogP contribution in [0.2, 0.25) is 5.02 Å². The topological polar surface area (TPSA) is 125 Å². The number of anilines is 1. The molecule has 3 amide bonds. The van der Waals surface area contributed by atoms with Crippen LogP contribution in [0.3, 0.4) is 0 Å². The molecule has 1 unspecified atom stereocenters. The molecule has 5 rings (SSSR count). The number of unbranched alkanes of at least 4 members (excludes halogenated alkanes) is 2. The first kappa shape index (κ1) is 37.7. The summed E-state index contributed by atoms with van der Waals surface area (Å²) >= 11 is 9.89. The van der Waals surface area contributed by atoms with E-state index < -0.39 is 47.7 Å². The Kier molecular flexibility index (Phi) is 12.6. The van der Waals surface area contributed by atoms with Crippen LogP contribution in [0.4, 0.5) is 5.69 Å². The van der Waals surface area contributed by atoms with E-state index in [1.54, 1.807) is 53.1 Å². The van der Waals surface area contributed by atoms with Gasteiger partial charge >= 0.3 is 5.97 Å². The van der Waals surface area contributed by atoms with Gasteiger partial charge in [-0.2, -0.15) is 0 Å². The number of likely N-dealkylation sites (tertiary alicyclic amines) is 1. The fourth-order valence-electron chi connectivity index (χ4n) is 7.65. The van der Waals surface area contributed by atoms with Crippen LogP contribution in [0.5, 0.6) is 0 Å². The van der Waals surface area contributed by atoms with Crippen LogP contribution in [0.25, 0.3) is 0 Å². The van der Waals surface area contributed by atoms with Crippen molar-refractivity contribution in [2.45, 2.75) is 80.2 Å². The molecule has 3 saturated heterocycles. The highest BCUT2D eigenvalue weighted by Crippen LogP contribution is 2.60. The lowest BCUT2D eigenvalue weighted by atomic mass is 9.70. The molecular weight excluding hydrogens is 726 g/mol. The minimum Gasteiger partial charge on any atom is -0.455 e. The van der Waals surface area contributed by atoms with Crippen molar-refractivity contribution in [3.8, 4) is 0 Å². The third-order valence-corrected chi connectivity index (χ3v) is 11.0. The van der Waals surface area contributed by atoms with Gasteiger partial charge in [0.25, 0.3) is 5.91 Å². The molecule has 0 radical (unpaired) electrons. The predicted molar refractivity (Wildman–Crippen MR) is 195 cm³/mol. The van der Waals surface area contributed by atoms with E-state index in [0.717, 1.165) is 0 Å². The van der Waals surface area contributed by atoms with Gasteiger partial charge in [-0.05, 0) is 68.9 Å². The molecule has 0 aliphatic carbocycles. The SMILES string of the molecule is C=CCCC(=O)N[C@@H](C)[C@H](OC(=O)[C@H]1[C@@H]2O[C@@]3(CC2Br)[C@@H]1C(=O)N(CCCCCO)[C@@H]3C(=O)N(CC=C)c1ccc(Cl)cc1)c1ccccc1.